The highest BCUT2D eigenvalue weighted by Gasteiger charge is 2.66. The van der Waals surface area contributed by atoms with Gasteiger partial charge < -0.3 is 9.84 Å². The van der Waals surface area contributed by atoms with E-state index in [1.165, 1.54) is 18.1 Å². The van der Waals surface area contributed by atoms with Crippen LogP contribution in [0.4, 0.5) is 5.69 Å². The number of halogens is 2. The minimum Gasteiger partial charge on any atom is -0.503 e. The predicted molar refractivity (Wildman–Crippen MR) is 196 cm³/mol. The first kappa shape index (κ1) is 32.6. The number of carbonyl (C=O) groups is 4. The van der Waals surface area contributed by atoms with Crippen molar-refractivity contribution in [3.63, 3.8) is 0 Å². The molecule has 8 rings (SSSR count). The molecule has 1 heterocycles. The number of rotatable bonds is 5. The summed E-state index contributed by atoms with van der Waals surface area (Å²) in [6, 6.07) is 29.2. The van der Waals surface area contributed by atoms with Gasteiger partial charge in [-0.1, -0.05) is 88.2 Å². The first-order valence-corrected chi connectivity index (χ1v) is 18.1. The lowest BCUT2D eigenvalue weighted by atomic mass is 9.44. The van der Waals surface area contributed by atoms with Crippen LogP contribution in [-0.2, 0) is 24.6 Å². The molecule has 4 aromatic rings. The molecule has 250 valence electrons. The summed E-state index contributed by atoms with van der Waals surface area (Å²) < 4.78 is 6.78. The monoisotopic (exact) mass is 791 g/mol. The molecule has 2 fully saturated rings. The van der Waals surface area contributed by atoms with E-state index in [2.05, 4.69) is 31.9 Å². The Morgan fingerprint density at radius 3 is 2.20 bits per heavy atom. The Morgan fingerprint density at radius 1 is 0.840 bits per heavy atom. The van der Waals surface area contributed by atoms with E-state index >= 15 is 9.59 Å². The molecule has 1 saturated carbocycles. The van der Waals surface area contributed by atoms with Gasteiger partial charge in [0.2, 0.25) is 11.8 Å². The molecule has 3 aliphatic carbocycles. The largest absolute Gasteiger partial charge is 0.503 e. The molecular weight excluding hydrogens is 762 g/mol. The third-order valence-corrected chi connectivity index (χ3v) is 12.2. The number of ketones is 2. The van der Waals surface area contributed by atoms with Gasteiger partial charge in [0.1, 0.15) is 0 Å². The van der Waals surface area contributed by atoms with Gasteiger partial charge >= 0.3 is 0 Å². The smallest absolute Gasteiger partial charge is 0.238 e. The zero-order chi connectivity index (χ0) is 34.9. The molecule has 0 bridgehead atoms. The van der Waals surface area contributed by atoms with Crippen molar-refractivity contribution in [3.05, 3.63) is 140 Å². The van der Waals surface area contributed by atoms with Crippen LogP contribution in [0.15, 0.2) is 124 Å². The molecule has 1 N–H and O–H groups in total. The van der Waals surface area contributed by atoms with E-state index < -0.39 is 35.0 Å². The van der Waals surface area contributed by atoms with Crippen LogP contribution < -0.4 is 9.64 Å². The van der Waals surface area contributed by atoms with Crippen LogP contribution in [0.25, 0.3) is 5.57 Å². The van der Waals surface area contributed by atoms with Gasteiger partial charge in [0.25, 0.3) is 0 Å². The van der Waals surface area contributed by atoms with Crippen LogP contribution in [-0.4, -0.2) is 35.6 Å². The number of phenols is 1. The van der Waals surface area contributed by atoms with Gasteiger partial charge in [-0.15, -0.1) is 0 Å². The van der Waals surface area contributed by atoms with Gasteiger partial charge in [-0.3, -0.25) is 24.1 Å². The number of hydrogen-bond acceptors (Lipinski definition) is 6. The first-order chi connectivity index (χ1) is 24.2. The van der Waals surface area contributed by atoms with Gasteiger partial charge in [-0.25, -0.2) is 0 Å². The van der Waals surface area contributed by atoms with Crippen LogP contribution >= 0.6 is 31.9 Å². The van der Waals surface area contributed by atoms with Crippen molar-refractivity contribution in [1.82, 2.24) is 0 Å². The van der Waals surface area contributed by atoms with Crippen molar-refractivity contribution in [3.8, 4) is 11.5 Å². The van der Waals surface area contributed by atoms with Gasteiger partial charge in [0.05, 0.1) is 34.5 Å². The number of imide groups is 1. The number of benzene rings is 4. The fourth-order valence-corrected chi connectivity index (χ4v) is 9.73. The molecule has 2 amide bonds. The fourth-order valence-electron chi connectivity index (χ4n) is 9.01. The minimum atomic E-state index is -1.38. The van der Waals surface area contributed by atoms with E-state index in [9.17, 15) is 14.7 Å². The van der Waals surface area contributed by atoms with Crippen molar-refractivity contribution in [2.24, 2.45) is 23.7 Å². The lowest BCUT2D eigenvalue weighted by Gasteiger charge is -2.55. The zero-order valence-corrected chi connectivity index (χ0v) is 30.1. The summed E-state index contributed by atoms with van der Waals surface area (Å²) in [5.41, 5.74) is 2.26. The molecule has 7 nitrogen and oxygen atoms in total. The molecule has 0 radical (unpaired) electrons. The summed E-state index contributed by atoms with van der Waals surface area (Å²) in [6.07, 6.45) is 4.03. The maximum Gasteiger partial charge on any atom is 0.238 e. The quantitative estimate of drug-likeness (QED) is 0.163. The zero-order valence-electron chi connectivity index (χ0n) is 26.9. The predicted octanol–water partition coefficient (Wildman–Crippen LogP) is 7.95. The maximum atomic E-state index is 15.2. The SMILES string of the molecule is COc1cc(C2C3=CCC4C(=O)N(c5ccc(Br)cc5)C(=O)C4C3CC3C(=O)C(c4ccccc4)=CC(=O)C32c2ccccc2)cc(Br)c1O. The van der Waals surface area contributed by atoms with Gasteiger partial charge in [-0.2, -0.15) is 0 Å². The standard InChI is InChI=1S/C41H31Br2NO6/c1-50-33-19-23(18-32(43)38(33)47)36-27-16-17-28-35(40(49)44(39(28)48)26-14-12-25(42)13-15-26)30(27)20-31-37(46)29(22-8-4-2-5-9-22)21-34(45)41(31,36)24-10-6-3-7-11-24/h2-16,18-19,21,28,30-31,35-36,47H,17,20H2,1H3. The summed E-state index contributed by atoms with van der Waals surface area (Å²) in [4.78, 5) is 60.1. The second-order valence-electron chi connectivity index (χ2n) is 13.3. The second-order valence-corrected chi connectivity index (χ2v) is 15.1. The number of phenolic OH excluding ortho intramolecular Hbond substituents is 1. The number of hydrogen-bond donors (Lipinski definition) is 1. The number of nitrogens with zero attached hydrogens (tertiary/aromatic N) is 1. The van der Waals surface area contributed by atoms with Crippen molar-refractivity contribution in [2.75, 3.05) is 12.0 Å². The molecule has 4 aromatic carbocycles. The number of aromatic hydroxyl groups is 1. The molecule has 6 unspecified atom stereocenters. The number of amides is 2. The summed E-state index contributed by atoms with van der Waals surface area (Å²) >= 11 is 6.94. The molecule has 1 aliphatic heterocycles. The highest BCUT2D eigenvalue weighted by molar-refractivity contribution is 9.10. The molecule has 0 aromatic heterocycles. The van der Waals surface area contributed by atoms with Crippen molar-refractivity contribution >= 4 is 66.5 Å². The average molecular weight is 794 g/mol. The first-order valence-electron chi connectivity index (χ1n) is 16.5. The van der Waals surface area contributed by atoms with E-state index in [0.29, 0.717) is 38.8 Å². The molecule has 9 heteroatoms. The Labute approximate surface area is 305 Å². The van der Waals surface area contributed by atoms with E-state index in [-0.39, 0.29) is 41.3 Å². The Morgan fingerprint density at radius 2 is 1.52 bits per heavy atom. The number of carbonyl (C=O) groups excluding carboxylic acids is 4. The van der Waals surface area contributed by atoms with Crippen LogP contribution in [0.5, 0.6) is 11.5 Å². The molecular formula is C41H31Br2NO6. The number of allylic oxidation sites excluding steroid dienone is 4. The number of Topliss-reactive ketones (excluding diaryl/α,β-unsaturated/α-hetero) is 1. The lowest BCUT2D eigenvalue weighted by molar-refractivity contribution is -0.135. The van der Waals surface area contributed by atoms with Crippen molar-refractivity contribution in [2.45, 2.75) is 24.2 Å². The Hall–Kier alpha value is -4.60. The normalized spacial score (nSPS) is 27.3. The number of fused-ring (bicyclic) bond motifs is 4. The van der Waals surface area contributed by atoms with E-state index in [1.807, 2.05) is 66.7 Å². The van der Waals surface area contributed by atoms with E-state index in [4.69, 9.17) is 4.74 Å². The highest BCUT2D eigenvalue weighted by Crippen LogP contribution is 2.64. The van der Waals surface area contributed by atoms with Gasteiger partial charge in [0.15, 0.2) is 23.1 Å². The Kier molecular flexibility index (Phi) is 8.03. The van der Waals surface area contributed by atoms with Crippen molar-refractivity contribution < 1.29 is 29.0 Å². The summed E-state index contributed by atoms with van der Waals surface area (Å²) in [6.45, 7) is 0. The highest BCUT2D eigenvalue weighted by atomic mass is 79.9. The number of ether oxygens (including phenoxy) is 1. The number of methoxy groups -OCH3 is 1. The molecule has 6 atom stereocenters. The van der Waals surface area contributed by atoms with Gasteiger partial charge in [0, 0.05) is 21.9 Å². The van der Waals surface area contributed by atoms with Crippen molar-refractivity contribution in [1.29, 1.82) is 0 Å². The topological polar surface area (TPSA) is 101 Å². The fraction of sp³-hybridized carbons (Fsp3) is 0.220. The summed E-state index contributed by atoms with van der Waals surface area (Å²) in [7, 11) is 1.46. The lowest BCUT2D eigenvalue weighted by Crippen LogP contribution is -2.58. The van der Waals surface area contributed by atoms with E-state index in [1.54, 1.807) is 36.4 Å². The minimum absolute atomic E-state index is 0.0920. The second kappa shape index (κ2) is 12.3. The van der Waals surface area contributed by atoms with Crippen LogP contribution in [0, 0.1) is 23.7 Å². The van der Waals surface area contributed by atoms with E-state index in [0.717, 1.165) is 10.0 Å². The average Bonchev–Trinajstić information content (AvgIpc) is 3.40. The van der Waals surface area contributed by atoms with Gasteiger partial charge in [-0.05, 0) is 93.9 Å². The Balaban J connectivity index is 1.38. The molecule has 4 aliphatic rings. The summed E-state index contributed by atoms with van der Waals surface area (Å²) in [5, 5.41) is 10.9. The number of anilines is 1. The maximum absolute atomic E-state index is 15.2. The molecule has 50 heavy (non-hydrogen) atoms. The Bertz CT molecular complexity index is 2140. The molecule has 0 spiro atoms. The van der Waals surface area contributed by atoms with Crippen LogP contribution in [0.3, 0.4) is 0 Å². The molecule has 1 saturated heterocycles. The van der Waals surface area contributed by atoms with Crippen LogP contribution in [0.1, 0.15) is 35.4 Å². The van der Waals surface area contributed by atoms with Crippen LogP contribution in [0.2, 0.25) is 0 Å². The third-order valence-electron chi connectivity index (χ3n) is 11.1. The summed E-state index contributed by atoms with van der Waals surface area (Å²) in [5.74, 6) is -4.29. The third kappa shape index (κ3) is 4.73.